The number of benzene rings is 1. The van der Waals surface area contributed by atoms with Crippen molar-refractivity contribution >= 4 is 5.91 Å². The van der Waals surface area contributed by atoms with Gasteiger partial charge in [0.1, 0.15) is 5.75 Å². The molecular formula is C13H19NO2. The molecule has 0 aliphatic rings. The molecule has 3 heteroatoms. The van der Waals surface area contributed by atoms with E-state index in [1.54, 1.807) is 6.92 Å². The fraction of sp³-hybridized carbons (Fsp3) is 0.462. The first-order valence-electron chi connectivity index (χ1n) is 5.64. The van der Waals surface area contributed by atoms with Crippen LogP contribution in [0.5, 0.6) is 5.75 Å². The third-order valence-electron chi connectivity index (χ3n) is 2.22. The molecule has 0 bridgehead atoms. The lowest BCUT2D eigenvalue weighted by atomic mass is 10.2. The molecule has 0 saturated carbocycles. The van der Waals surface area contributed by atoms with Gasteiger partial charge in [-0.1, -0.05) is 19.1 Å². The molecule has 1 N–H and O–H groups in total. The zero-order valence-electron chi connectivity index (χ0n) is 10.1. The van der Waals surface area contributed by atoms with Crippen LogP contribution in [0, 0.1) is 6.92 Å². The number of nitrogens with one attached hydrogen (secondary N) is 1. The second-order valence-corrected chi connectivity index (χ2v) is 3.87. The van der Waals surface area contributed by atoms with Crippen LogP contribution in [0.4, 0.5) is 0 Å². The van der Waals surface area contributed by atoms with Crippen LogP contribution in [0.25, 0.3) is 0 Å². The summed E-state index contributed by atoms with van der Waals surface area (Å²) in [5.74, 6) is 0.669. The summed E-state index contributed by atoms with van der Waals surface area (Å²) in [6.45, 7) is 6.47. The topological polar surface area (TPSA) is 38.3 Å². The van der Waals surface area contributed by atoms with E-state index in [0.717, 1.165) is 17.7 Å². The monoisotopic (exact) mass is 221 g/mol. The quantitative estimate of drug-likeness (QED) is 0.828. The van der Waals surface area contributed by atoms with Crippen molar-refractivity contribution in [1.29, 1.82) is 0 Å². The van der Waals surface area contributed by atoms with Crippen LogP contribution in [0.15, 0.2) is 24.3 Å². The minimum absolute atomic E-state index is 0.0663. The first-order valence-corrected chi connectivity index (χ1v) is 5.64. The van der Waals surface area contributed by atoms with Gasteiger partial charge in [0.15, 0.2) is 6.10 Å². The van der Waals surface area contributed by atoms with E-state index >= 15 is 0 Å². The Labute approximate surface area is 96.8 Å². The van der Waals surface area contributed by atoms with E-state index in [9.17, 15) is 4.79 Å². The van der Waals surface area contributed by atoms with Gasteiger partial charge in [-0.25, -0.2) is 0 Å². The number of amides is 1. The third kappa shape index (κ3) is 3.93. The molecule has 16 heavy (non-hydrogen) atoms. The second-order valence-electron chi connectivity index (χ2n) is 3.87. The molecule has 0 heterocycles. The number of ether oxygens (including phenoxy) is 1. The highest BCUT2D eigenvalue weighted by molar-refractivity contribution is 5.80. The van der Waals surface area contributed by atoms with E-state index in [4.69, 9.17) is 4.74 Å². The number of carbonyl (C=O) groups excluding carboxylic acids is 1. The lowest BCUT2D eigenvalue weighted by Crippen LogP contribution is -2.36. The van der Waals surface area contributed by atoms with Gasteiger partial charge < -0.3 is 10.1 Å². The predicted octanol–water partition coefficient (Wildman–Crippen LogP) is 2.29. The van der Waals surface area contributed by atoms with Gasteiger partial charge in [0.25, 0.3) is 5.91 Å². The summed E-state index contributed by atoms with van der Waals surface area (Å²) in [5.41, 5.74) is 1.12. The van der Waals surface area contributed by atoms with Gasteiger partial charge >= 0.3 is 0 Å². The standard InChI is InChI=1S/C13H19NO2/c1-4-8-14-13(15)11(3)16-12-7-5-6-10(2)9-12/h5-7,9,11H,4,8H2,1-3H3,(H,14,15). The summed E-state index contributed by atoms with van der Waals surface area (Å²) in [7, 11) is 0. The van der Waals surface area contributed by atoms with Crippen molar-refractivity contribution in [3.8, 4) is 5.75 Å². The molecule has 1 amide bonds. The molecular weight excluding hydrogens is 202 g/mol. The maximum atomic E-state index is 11.6. The van der Waals surface area contributed by atoms with Crippen molar-refractivity contribution in [1.82, 2.24) is 5.32 Å². The highest BCUT2D eigenvalue weighted by Crippen LogP contribution is 2.14. The molecule has 0 aromatic heterocycles. The molecule has 1 aromatic rings. The van der Waals surface area contributed by atoms with E-state index in [1.807, 2.05) is 38.1 Å². The smallest absolute Gasteiger partial charge is 0.260 e. The molecule has 0 fully saturated rings. The molecule has 0 aliphatic carbocycles. The predicted molar refractivity (Wildman–Crippen MR) is 64.6 cm³/mol. The van der Waals surface area contributed by atoms with Gasteiger partial charge in [-0.15, -0.1) is 0 Å². The Balaban J connectivity index is 2.50. The number of rotatable bonds is 5. The zero-order chi connectivity index (χ0) is 12.0. The highest BCUT2D eigenvalue weighted by atomic mass is 16.5. The summed E-state index contributed by atoms with van der Waals surface area (Å²) in [5, 5.41) is 2.80. The van der Waals surface area contributed by atoms with Crippen LogP contribution in [-0.4, -0.2) is 18.6 Å². The number of carbonyl (C=O) groups is 1. The summed E-state index contributed by atoms with van der Waals surface area (Å²) >= 11 is 0. The minimum Gasteiger partial charge on any atom is -0.481 e. The zero-order valence-corrected chi connectivity index (χ0v) is 10.1. The Hall–Kier alpha value is -1.51. The molecule has 1 unspecified atom stereocenters. The summed E-state index contributed by atoms with van der Waals surface area (Å²) in [6, 6.07) is 7.69. The fourth-order valence-corrected chi connectivity index (χ4v) is 1.34. The van der Waals surface area contributed by atoms with Crippen LogP contribution in [0.1, 0.15) is 25.8 Å². The first kappa shape index (κ1) is 12.6. The largest absolute Gasteiger partial charge is 0.481 e. The van der Waals surface area contributed by atoms with Crippen molar-refractivity contribution in [3.05, 3.63) is 29.8 Å². The molecule has 0 spiro atoms. The number of aryl methyl sites for hydroxylation is 1. The summed E-state index contributed by atoms with van der Waals surface area (Å²) in [6.07, 6.45) is 0.483. The van der Waals surface area contributed by atoms with Crippen molar-refractivity contribution in [2.75, 3.05) is 6.54 Å². The maximum absolute atomic E-state index is 11.6. The summed E-state index contributed by atoms with van der Waals surface area (Å²) < 4.78 is 5.54. The Morgan fingerprint density at radius 3 is 2.88 bits per heavy atom. The fourth-order valence-electron chi connectivity index (χ4n) is 1.34. The number of hydrogen-bond acceptors (Lipinski definition) is 2. The van der Waals surface area contributed by atoms with E-state index < -0.39 is 6.10 Å². The Morgan fingerprint density at radius 2 is 2.25 bits per heavy atom. The van der Waals surface area contributed by atoms with Gasteiger partial charge in [0.05, 0.1) is 0 Å². The second kappa shape index (κ2) is 6.16. The average molecular weight is 221 g/mol. The van der Waals surface area contributed by atoms with Gasteiger partial charge in [-0.05, 0) is 38.0 Å². The Kier molecular flexibility index (Phi) is 4.83. The average Bonchev–Trinajstić information content (AvgIpc) is 2.25. The van der Waals surface area contributed by atoms with Crippen molar-refractivity contribution in [3.63, 3.8) is 0 Å². The van der Waals surface area contributed by atoms with Gasteiger partial charge in [0.2, 0.25) is 0 Å². The van der Waals surface area contributed by atoms with Crippen LogP contribution < -0.4 is 10.1 Å². The minimum atomic E-state index is -0.451. The SMILES string of the molecule is CCCNC(=O)C(C)Oc1cccc(C)c1. The lowest BCUT2D eigenvalue weighted by molar-refractivity contribution is -0.127. The third-order valence-corrected chi connectivity index (χ3v) is 2.22. The molecule has 0 radical (unpaired) electrons. The molecule has 88 valence electrons. The van der Waals surface area contributed by atoms with Gasteiger partial charge in [-0.2, -0.15) is 0 Å². The van der Waals surface area contributed by atoms with Crippen molar-refractivity contribution in [2.24, 2.45) is 0 Å². The van der Waals surface area contributed by atoms with Crippen LogP contribution in [0.3, 0.4) is 0 Å². The molecule has 0 saturated heterocycles. The van der Waals surface area contributed by atoms with Crippen LogP contribution >= 0.6 is 0 Å². The molecule has 1 atom stereocenters. The number of hydrogen-bond donors (Lipinski definition) is 1. The van der Waals surface area contributed by atoms with E-state index in [-0.39, 0.29) is 5.91 Å². The van der Waals surface area contributed by atoms with Crippen LogP contribution in [-0.2, 0) is 4.79 Å². The van der Waals surface area contributed by atoms with E-state index in [0.29, 0.717) is 6.54 Å². The Morgan fingerprint density at radius 1 is 1.50 bits per heavy atom. The maximum Gasteiger partial charge on any atom is 0.260 e. The Bertz CT molecular complexity index is 350. The molecule has 0 aliphatic heterocycles. The van der Waals surface area contributed by atoms with Crippen molar-refractivity contribution in [2.45, 2.75) is 33.3 Å². The first-order chi connectivity index (χ1) is 7.63. The molecule has 3 nitrogen and oxygen atoms in total. The van der Waals surface area contributed by atoms with Gasteiger partial charge in [-0.3, -0.25) is 4.79 Å². The molecule has 1 rings (SSSR count). The lowest BCUT2D eigenvalue weighted by Gasteiger charge is -2.14. The van der Waals surface area contributed by atoms with E-state index in [1.165, 1.54) is 0 Å². The van der Waals surface area contributed by atoms with Crippen molar-refractivity contribution < 1.29 is 9.53 Å². The van der Waals surface area contributed by atoms with E-state index in [2.05, 4.69) is 5.32 Å². The van der Waals surface area contributed by atoms with Crippen LogP contribution in [0.2, 0.25) is 0 Å². The molecule has 1 aromatic carbocycles. The normalized spacial score (nSPS) is 11.9. The van der Waals surface area contributed by atoms with Gasteiger partial charge in [0, 0.05) is 6.54 Å². The highest BCUT2D eigenvalue weighted by Gasteiger charge is 2.13. The summed E-state index contributed by atoms with van der Waals surface area (Å²) in [4.78, 5) is 11.6.